The molecule has 188 valence electrons. The van der Waals surface area contributed by atoms with Crippen LogP contribution in [0.15, 0.2) is 72.8 Å². The van der Waals surface area contributed by atoms with Crippen LogP contribution in [0.4, 0.5) is 5.69 Å². The average Bonchev–Trinajstić information content (AvgIpc) is 2.91. The van der Waals surface area contributed by atoms with E-state index in [2.05, 4.69) is 12.2 Å². The lowest BCUT2D eigenvalue weighted by Crippen LogP contribution is -2.27. The Labute approximate surface area is 216 Å². The van der Waals surface area contributed by atoms with E-state index in [4.69, 9.17) is 14.5 Å². The summed E-state index contributed by atoms with van der Waals surface area (Å²) in [5.74, 6) is -0.0162. The summed E-state index contributed by atoms with van der Waals surface area (Å²) in [7, 11) is 1.55. The van der Waals surface area contributed by atoms with Crippen molar-refractivity contribution in [2.45, 2.75) is 39.2 Å². The van der Waals surface area contributed by atoms with Gasteiger partial charge in [-0.2, -0.15) is 0 Å². The van der Waals surface area contributed by atoms with Crippen LogP contribution in [0.2, 0.25) is 0 Å². The summed E-state index contributed by atoms with van der Waals surface area (Å²) >= 11 is 0. The van der Waals surface area contributed by atoms with Gasteiger partial charge in [0, 0.05) is 16.6 Å². The Morgan fingerprint density at radius 1 is 1.03 bits per heavy atom. The molecule has 3 aromatic carbocycles. The zero-order valence-electron chi connectivity index (χ0n) is 21.3. The molecule has 6 heteroatoms. The fourth-order valence-corrected chi connectivity index (χ4v) is 4.98. The molecule has 2 unspecified atom stereocenters. The Bertz CT molecular complexity index is 1470. The normalized spacial score (nSPS) is 15.5. The average molecular weight is 495 g/mol. The first-order chi connectivity index (χ1) is 17.9. The van der Waals surface area contributed by atoms with Crippen molar-refractivity contribution in [2.75, 3.05) is 12.4 Å². The predicted octanol–water partition coefficient (Wildman–Crippen LogP) is 6.21. The minimum Gasteiger partial charge on any atom is -0.495 e. The van der Waals surface area contributed by atoms with E-state index in [1.54, 1.807) is 25.3 Å². The van der Waals surface area contributed by atoms with Crippen molar-refractivity contribution in [3.8, 4) is 5.75 Å². The molecule has 0 fully saturated rings. The van der Waals surface area contributed by atoms with E-state index >= 15 is 0 Å². The van der Waals surface area contributed by atoms with Crippen LogP contribution >= 0.6 is 0 Å². The Balaban J connectivity index is 1.54. The van der Waals surface area contributed by atoms with Crippen LogP contribution in [0.5, 0.6) is 5.75 Å². The number of nitrogens with zero attached hydrogens (tertiary/aromatic N) is 1. The molecule has 2 atom stereocenters. The number of hydrogen-bond acceptors (Lipinski definition) is 5. The molecule has 1 amide bonds. The molecule has 0 saturated carbocycles. The zero-order valence-corrected chi connectivity index (χ0v) is 21.3. The number of aromatic nitrogens is 1. The number of anilines is 1. The molecule has 5 rings (SSSR count). The molecular formula is C31H30N2O4. The lowest BCUT2D eigenvalue weighted by atomic mass is 9.84. The van der Waals surface area contributed by atoms with Crippen molar-refractivity contribution < 1.29 is 19.1 Å². The SMILES string of the molecule is COc1ccc(C)cc1NC(=O)C(OC(=O)c1c2c(nc3ccccc13)CCC(C)C2)c1ccccc1. The lowest BCUT2D eigenvalue weighted by molar-refractivity contribution is -0.125. The third-order valence-electron chi connectivity index (χ3n) is 6.89. The van der Waals surface area contributed by atoms with Gasteiger partial charge in [-0.15, -0.1) is 0 Å². The summed E-state index contributed by atoms with van der Waals surface area (Å²) in [6.07, 6.45) is 1.44. The molecule has 1 N–H and O–H groups in total. The number of para-hydroxylation sites is 1. The Morgan fingerprint density at radius 3 is 2.57 bits per heavy atom. The van der Waals surface area contributed by atoms with Crippen molar-refractivity contribution in [1.82, 2.24) is 4.98 Å². The molecule has 0 spiro atoms. The van der Waals surface area contributed by atoms with Gasteiger partial charge in [0.1, 0.15) is 5.75 Å². The molecule has 0 bridgehead atoms. The van der Waals surface area contributed by atoms with E-state index in [0.717, 1.165) is 47.0 Å². The van der Waals surface area contributed by atoms with Crippen molar-refractivity contribution >= 4 is 28.5 Å². The molecule has 4 aromatic rings. The third-order valence-corrected chi connectivity index (χ3v) is 6.89. The van der Waals surface area contributed by atoms with Gasteiger partial charge in [-0.1, -0.05) is 61.5 Å². The quantitative estimate of drug-likeness (QED) is 0.322. The number of carbonyl (C=O) groups excluding carboxylic acids is 2. The number of ether oxygens (including phenoxy) is 2. The van der Waals surface area contributed by atoms with Crippen molar-refractivity contribution in [2.24, 2.45) is 5.92 Å². The van der Waals surface area contributed by atoms with Crippen molar-refractivity contribution in [1.29, 1.82) is 0 Å². The van der Waals surface area contributed by atoms with Crippen LogP contribution in [0.3, 0.4) is 0 Å². The minimum atomic E-state index is -1.15. The van der Waals surface area contributed by atoms with Gasteiger partial charge in [-0.25, -0.2) is 4.79 Å². The van der Waals surface area contributed by atoms with Crippen LogP contribution in [-0.4, -0.2) is 24.0 Å². The second-order valence-electron chi connectivity index (χ2n) is 9.67. The number of esters is 1. The molecule has 0 aliphatic heterocycles. The Morgan fingerprint density at radius 2 is 1.78 bits per heavy atom. The summed E-state index contributed by atoms with van der Waals surface area (Å²) in [6, 6.07) is 22.2. The number of nitrogens with one attached hydrogen (secondary N) is 1. The van der Waals surface area contributed by atoms with Crippen LogP contribution in [-0.2, 0) is 22.4 Å². The summed E-state index contributed by atoms with van der Waals surface area (Å²) in [4.78, 5) is 32.4. The highest BCUT2D eigenvalue weighted by atomic mass is 16.5. The molecule has 1 aliphatic carbocycles. The lowest BCUT2D eigenvalue weighted by Gasteiger charge is -2.25. The van der Waals surface area contributed by atoms with Gasteiger partial charge in [-0.05, 0) is 61.4 Å². The Hall–Kier alpha value is -4.19. The number of aryl methyl sites for hydroxylation is 2. The molecule has 1 heterocycles. The van der Waals surface area contributed by atoms with E-state index in [9.17, 15) is 9.59 Å². The van der Waals surface area contributed by atoms with Gasteiger partial charge in [0.05, 0.1) is 23.9 Å². The first kappa shape index (κ1) is 24.5. The van der Waals surface area contributed by atoms with E-state index < -0.39 is 18.0 Å². The van der Waals surface area contributed by atoms with Gasteiger partial charge in [0.2, 0.25) is 6.10 Å². The molecule has 0 saturated heterocycles. The fraction of sp³-hybridized carbons (Fsp3) is 0.258. The number of rotatable bonds is 6. The van der Waals surface area contributed by atoms with Crippen LogP contribution in [0.25, 0.3) is 10.9 Å². The predicted molar refractivity (Wildman–Crippen MR) is 144 cm³/mol. The maximum Gasteiger partial charge on any atom is 0.340 e. The first-order valence-electron chi connectivity index (χ1n) is 12.6. The number of fused-ring (bicyclic) bond motifs is 2. The molecule has 1 aliphatic rings. The molecule has 6 nitrogen and oxygen atoms in total. The smallest absolute Gasteiger partial charge is 0.340 e. The van der Waals surface area contributed by atoms with Crippen LogP contribution < -0.4 is 10.1 Å². The third kappa shape index (κ3) is 5.05. The zero-order chi connectivity index (χ0) is 25.9. The molecule has 37 heavy (non-hydrogen) atoms. The van der Waals surface area contributed by atoms with Crippen molar-refractivity contribution in [3.63, 3.8) is 0 Å². The summed E-state index contributed by atoms with van der Waals surface area (Å²) < 4.78 is 11.5. The molecule has 1 aromatic heterocycles. The summed E-state index contributed by atoms with van der Waals surface area (Å²) in [5.41, 5.74) is 5.20. The number of methoxy groups -OCH3 is 1. The second-order valence-corrected chi connectivity index (χ2v) is 9.67. The van der Waals surface area contributed by atoms with Crippen LogP contribution in [0.1, 0.15) is 52.2 Å². The largest absolute Gasteiger partial charge is 0.495 e. The standard InChI is InChI=1S/C31H30N2O4/c1-19-13-15-25-23(17-19)28(22-11-7-8-12-24(22)32-25)31(35)37-29(21-9-5-4-6-10-21)30(34)33-26-18-20(2)14-16-27(26)36-3/h4-12,14,16,18-19,29H,13,15,17H2,1-3H3,(H,33,34). The van der Waals surface area contributed by atoms with Gasteiger partial charge < -0.3 is 14.8 Å². The summed E-state index contributed by atoms with van der Waals surface area (Å²) in [5, 5.41) is 3.65. The molecular weight excluding hydrogens is 464 g/mol. The van der Waals surface area contributed by atoms with E-state index in [1.165, 1.54) is 0 Å². The highest BCUT2D eigenvalue weighted by Gasteiger charge is 2.31. The number of carbonyl (C=O) groups is 2. The van der Waals surface area contributed by atoms with E-state index in [1.807, 2.05) is 61.5 Å². The second kappa shape index (κ2) is 10.4. The number of amides is 1. The Kier molecular flexibility index (Phi) is 6.91. The van der Waals surface area contributed by atoms with Gasteiger partial charge >= 0.3 is 5.97 Å². The first-order valence-corrected chi connectivity index (χ1v) is 12.6. The fourth-order valence-electron chi connectivity index (χ4n) is 4.98. The monoisotopic (exact) mass is 494 g/mol. The minimum absolute atomic E-state index is 0.434. The van der Waals surface area contributed by atoms with E-state index in [-0.39, 0.29) is 0 Å². The maximum atomic E-state index is 13.9. The topological polar surface area (TPSA) is 77.5 Å². The van der Waals surface area contributed by atoms with Gasteiger partial charge in [0.15, 0.2) is 0 Å². The summed E-state index contributed by atoms with van der Waals surface area (Å²) in [6.45, 7) is 4.12. The van der Waals surface area contributed by atoms with Crippen LogP contribution in [0, 0.1) is 12.8 Å². The highest BCUT2D eigenvalue weighted by Crippen LogP contribution is 2.34. The number of hydrogen-bond donors (Lipinski definition) is 1. The highest BCUT2D eigenvalue weighted by molar-refractivity contribution is 6.06. The maximum absolute atomic E-state index is 13.9. The number of pyridine rings is 1. The number of benzene rings is 3. The van der Waals surface area contributed by atoms with Gasteiger partial charge in [-0.3, -0.25) is 9.78 Å². The van der Waals surface area contributed by atoms with Gasteiger partial charge in [0.25, 0.3) is 5.91 Å². The van der Waals surface area contributed by atoms with Crippen molar-refractivity contribution in [3.05, 3.63) is 101 Å². The van der Waals surface area contributed by atoms with E-state index in [0.29, 0.717) is 28.5 Å². The molecule has 0 radical (unpaired) electrons.